The van der Waals surface area contributed by atoms with Crippen molar-refractivity contribution >= 4 is 44.8 Å². The van der Waals surface area contributed by atoms with Crippen LogP contribution in [0.3, 0.4) is 0 Å². The third-order valence-electron chi connectivity index (χ3n) is 5.20. The van der Waals surface area contributed by atoms with Crippen LogP contribution in [-0.4, -0.2) is 26.2 Å². The summed E-state index contributed by atoms with van der Waals surface area (Å²) in [5, 5.41) is 4.92. The Kier molecular flexibility index (Phi) is 14.5. The molecule has 0 spiro atoms. The van der Waals surface area contributed by atoms with Gasteiger partial charge in [-0.15, -0.1) is 0 Å². The zero-order chi connectivity index (χ0) is 21.1. The van der Waals surface area contributed by atoms with Crippen LogP contribution >= 0.6 is 39.1 Å². The Labute approximate surface area is 213 Å². The minimum atomic E-state index is 0. The van der Waals surface area contributed by atoms with E-state index in [4.69, 9.17) is 23.2 Å². The number of piperidine rings is 2. The summed E-state index contributed by atoms with van der Waals surface area (Å²) in [5.41, 5.74) is 1.31. The number of nitrogens with one attached hydrogen (secondary N) is 1. The molecule has 0 unspecified atom stereocenters. The Balaban J connectivity index is 0.000000241. The van der Waals surface area contributed by atoms with E-state index in [0.29, 0.717) is 0 Å². The van der Waals surface area contributed by atoms with Crippen LogP contribution in [0.2, 0.25) is 10.0 Å². The second-order valence-corrected chi connectivity index (χ2v) is 9.85. The Bertz CT molecular complexity index is 670. The summed E-state index contributed by atoms with van der Waals surface area (Å²) >= 11 is 14.7. The third kappa shape index (κ3) is 11.5. The summed E-state index contributed by atoms with van der Waals surface area (Å²) in [5.74, 6) is 1.74. The van der Waals surface area contributed by atoms with E-state index in [1.54, 1.807) is 0 Å². The van der Waals surface area contributed by atoms with Gasteiger partial charge in [0.15, 0.2) is 0 Å². The first-order chi connectivity index (χ1) is 13.9. The van der Waals surface area contributed by atoms with Gasteiger partial charge in [0, 0.05) is 51.9 Å². The van der Waals surface area contributed by atoms with Gasteiger partial charge in [-0.05, 0) is 99.1 Å². The van der Waals surface area contributed by atoms with E-state index in [0.717, 1.165) is 26.4 Å². The Morgan fingerprint density at radius 2 is 1.43 bits per heavy atom. The molecule has 0 saturated carbocycles. The fourth-order valence-corrected chi connectivity index (χ4v) is 4.05. The molecule has 0 aromatic heterocycles. The van der Waals surface area contributed by atoms with Crippen molar-refractivity contribution in [3.05, 3.63) is 63.0 Å². The van der Waals surface area contributed by atoms with E-state index >= 15 is 0 Å². The predicted molar refractivity (Wildman–Crippen MR) is 132 cm³/mol. The van der Waals surface area contributed by atoms with Crippen LogP contribution in [0, 0.1) is 11.8 Å². The van der Waals surface area contributed by atoms with Crippen LogP contribution in [0.5, 0.6) is 0 Å². The molecule has 0 amide bonds. The first-order valence-electron chi connectivity index (χ1n) is 10.6. The smallest absolute Gasteiger partial charge is 0.0407 e. The van der Waals surface area contributed by atoms with Crippen LogP contribution in [-0.2, 0) is 18.6 Å². The van der Waals surface area contributed by atoms with Crippen molar-refractivity contribution in [1.82, 2.24) is 5.32 Å². The van der Waals surface area contributed by atoms with E-state index in [-0.39, 0.29) is 18.6 Å². The van der Waals surface area contributed by atoms with Crippen LogP contribution < -0.4 is 10.2 Å². The van der Waals surface area contributed by atoms with E-state index in [2.05, 4.69) is 52.1 Å². The molecule has 2 nitrogen and oxygen atoms in total. The summed E-state index contributed by atoms with van der Waals surface area (Å²) in [6.45, 7) is 9.46. The molecule has 2 aromatic rings. The van der Waals surface area contributed by atoms with Gasteiger partial charge in [-0.1, -0.05) is 53.0 Å². The predicted octanol–water partition coefficient (Wildman–Crippen LogP) is 7.68. The largest absolute Gasteiger partial charge is 0.371 e. The molecule has 4 rings (SSSR count). The number of anilines is 1. The summed E-state index contributed by atoms with van der Waals surface area (Å²) in [6, 6.07) is 15.6. The van der Waals surface area contributed by atoms with Crippen LogP contribution in [0.15, 0.2) is 53.0 Å². The summed E-state index contributed by atoms with van der Waals surface area (Å²) in [7, 11) is 0. The molecule has 2 saturated heterocycles. The average Bonchev–Trinajstić information content (AvgIpc) is 2.72. The fraction of sp³-hybridized carbons (Fsp3) is 0.500. The minimum Gasteiger partial charge on any atom is -0.371 e. The zero-order valence-corrected chi connectivity index (χ0v) is 22.5. The van der Waals surface area contributed by atoms with Gasteiger partial charge in [-0.2, -0.15) is 0 Å². The van der Waals surface area contributed by atoms with Gasteiger partial charge >= 0.3 is 0 Å². The minimum absolute atomic E-state index is 0. The topological polar surface area (TPSA) is 15.3 Å². The molecule has 6 heteroatoms. The average molecular weight is 551 g/mol. The summed E-state index contributed by atoms with van der Waals surface area (Å²) in [4.78, 5) is 2.45. The second kappa shape index (κ2) is 15.6. The van der Waals surface area contributed by atoms with Crippen molar-refractivity contribution in [2.45, 2.75) is 39.5 Å². The number of nitrogens with zero attached hydrogens (tertiary/aromatic N) is 1. The maximum absolute atomic E-state index is 5.86. The number of rotatable bonds is 1. The number of hydrogen-bond acceptors (Lipinski definition) is 2. The first-order valence-corrected chi connectivity index (χ1v) is 12.1. The molecule has 2 atom stereocenters. The molecule has 0 aliphatic carbocycles. The standard InChI is InChI=1S/C12H16ClN.C6H4BrCl.C6H13N.V/c1-10-3-2-8-14(9-10)12-6-4-11(13)5-7-12;7-5-1-3-6(8)4-2-5;1-6-3-2-4-7-5-6;/h4-7,10H,2-3,8-9H2,1H3;1-4H;6-7H,2-5H2,1H3;/t10-;;6-;/m0.0./s1. The van der Waals surface area contributed by atoms with Crippen molar-refractivity contribution in [2.75, 3.05) is 31.1 Å². The number of halogens is 3. The Morgan fingerprint density at radius 1 is 0.867 bits per heavy atom. The molecule has 2 aliphatic rings. The third-order valence-corrected chi connectivity index (χ3v) is 6.23. The molecule has 0 bridgehead atoms. The number of hydrogen-bond donors (Lipinski definition) is 1. The molecule has 2 aliphatic heterocycles. The van der Waals surface area contributed by atoms with Gasteiger partial charge in [-0.25, -0.2) is 0 Å². The maximum Gasteiger partial charge on any atom is 0.0407 e. The molecular weight excluding hydrogens is 518 g/mol. The molecular formula is C24H33BrCl2N2V. The Hall–Kier alpha value is -0.156. The second-order valence-electron chi connectivity index (χ2n) is 8.06. The van der Waals surface area contributed by atoms with Gasteiger partial charge in [-0.3, -0.25) is 0 Å². The summed E-state index contributed by atoms with van der Waals surface area (Å²) < 4.78 is 1.06. The molecule has 1 N–H and O–H groups in total. The summed E-state index contributed by atoms with van der Waals surface area (Å²) in [6.07, 6.45) is 5.47. The maximum atomic E-state index is 5.86. The van der Waals surface area contributed by atoms with Crippen molar-refractivity contribution in [2.24, 2.45) is 11.8 Å². The monoisotopic (exact) mass is 549 g/mol. The molecule has 1 radical (unpaired) electrons. The number of benzene rings is 2. The van der Waals surface area contributed by atoms with Crippen molar-refractivity contribution in [1.29, 1.82) is 0 Å². The Morgan fingerprint density at radius 3 is 1.87 bits per heavy atom. The zero-order valence-electron chi connectivity index (χ0n) is 18.0. The van der Waals surface area contributed by atoms with Crippen molar-refractivity contribution in [3.8, 4) is 0 Å². The molecule has 2 aromatic carbocycles. The van der Waals surface area contributed by atoms with Gasteiger partial charge in [0.2, 0.25) is 0 Å². The van der Waals surface area contributed by atoms with Crippen molar-refractivity contribution < 1.29 is 18.6 Å². The normalized spacial score (nSPS) is 20.6. The van der Waals surface area contributed by atoms with E-state index in [1.165, 1.54) is 57.5 Å². The van der Waals surface area contributed by atoms with Gasteiger partial charge in [0.05, 0.1) is 0 Å². The van der Waals surface area contributed by atoms with Crippen molar-refractivity contribution in [3.63, 3.8) is 0 Å². The molecule has 2 heterocycles. The quantitative estimate of drug-likeness (QED) is 0.391. The van der Waals surface area contributed by atoms with Gasteiger partial charge in [0.1, 0.15) is 0 Å². The van der Waals surface area contributed by atoms with Gasteiger partial charge in [0.25, 0.3) is 0 Å². The van der Waals surface area contributed by atoms with Crippen LogP contribution in [0.25, 0.3) is 0 Å². The molecule has 30 heavy (non-hydrogen) atoms. The van der Waals surface area contributed by atoms with Crippen LogP contribution in [0.4, 0.5) is 5.69 Å². The first kappa shape index (κ1) is 27.9. The molecule has 165 valence electrons. The fourth-order valence-electron chi connectivity index (χ4n) is 3.53. The van der Waals surface area contributed by atoms with Gasteiger partial charge < -0.3 is 10.2 Å². The SMILES string of the molecule is C[C@H]1CCCN(c2ccc(Cl)cc2)C1.C[C@H]1CCCNC1.Clc1ccc(Br)cc1.[V]. The van der Waals surface area contributed by atoms with E-state index < -0.39 is 0 Å². The van der Waals surface area contributed by atoms with E-state index in [9.17, 15) is 0 Å². The van der Waals surface area contributed by atoms with Crippen LogP contribution in [0.1, 0.15) is 39.5 Å². The van der Waals surface area contributed by atoms with E-state index in [1.807, 2.05) is 36.4 Å². The molecule has 2 fully saturated rings.